The molecule has 2 aromatic carbocycles. The summed E-state index contributed by atoms with van der Waals surface area (Å²) >= 11 is 0. The molecular weight excluding hydrogens is 320 g/mol. The first-order valence-electron chi connectivity index (χ1n) is 7.77. The van der Waals surface area contributed by atoms with E-state index in [9.17, 15) is 0 Å². The van der Waals surface area contributed by atoms with Crippen LogP contribution in [0.2, 0.25) is 0 Å². The summed E-state index contributed by atoms with van der Waals surface area (Å²) in [7, 11) is 3.24. The van der Waals surface area contributed by atoms with Gasteiger partial charge in [-0.15, -0.1) is 0 Å². The van der Waals surface area contributed by atoms with Gasteiger partial charge in [0.2, 0.25) is 0 Å². The molecule has 130 valence electrons. The highest BCUT2D eigenvalue weighted by Crippen LogP contribution is 2.21. The van der Waals surface area contributed by atoms with Gasteiger partial charge in [-0.1, -0.05) is 12.1 Å². The normalized spacial score (nSPS) is 11.8. The quantitative estimate of drug-likeness (QED) is 0.686. The van der Waals surface area contributed by atoms with E-state index in [1.54, 1.807) is 14.2 Å². The van der Waals surface area contributed by atoms with E-state index >= 15 is 0 Å². The number of aromatic nitrogens is 3. The largest absolute Gasteiger partial charge is 0.497 e. The van der Waals surface area contributed by atoms with Crippen molar-refractivity contribution in [3.63, 3.8) is 0 Å². The zero-order chi connectivity index (χ0) is 17.6. The van der Waals surface area contributed by atoms with Crippen LogP contribution in [-0.2, 0) is 6.61 Å². The van der Waals surface area contributed by atoms with Crippen LogP contribution < -0.4 is 19.9 Å². The Morgan fingerprint density at radius 3 is 2.44 bits per heavy atom. The smallest absolute Gasteiger partial charge is 0.172 e. The number of benzene rings is 2. The maximum absolute atomic E-state index is 6.24. The molecule has 1 heterocycles. The lowest BCUT2D eigenvalue weighted by Crippen LogP contribution is -2.13. The fourth-order valence-corrected chi connectivity index (χ4v) is 2.32. The Kier molecular flexibility index (Phi) is 5.15. The van der Waals surface area contributed by atoms with E-state index in [2.05, 4.69) is 15.2 Å². The van der Waals surface area contributed by atoms with Crippen molar-refractivity contribution in [3.05, 3.63) is 65.7 Å². The highest BCUT2D eigenvalue weighted by molar-refractivity contribution is 5.33. The molecule has 3 N–H and O–H groups in total. The van der Waals surface area contributed by atoms with Gasteiger partial charge in [0.1, 0.15) is 23.9 Å². The molecule has 0 radical (unpaired) electrons. The minimum Gasteiger partial charge on any atom is -0.497 e. The number of hydrogen-bond donors (Lipinski definition) is 2. The summed E-state index contributed by atoms with van der Waals surface area (Å²) in [6.07, 6.45) is 0. The predicted molar refractivity (Wildman–Crippen MR) is 92.7 cm³/mol. The molecular formula is C18H20N4O3. The van der Waals surface area contributed by atoms with E-state index < -0.39 is 6.04 Å². The summed E-state index contributed by atoms with van der Waals surface area (Å²) in [4.78, 5) is 4.41. The summed E-state index contributed by atoms with van der Waals surface area (Å²) in [5.74, 6) is 3.34. The number of aromatic amines is 1. The van der Waals surface area contributed by atoms with Gasteiger partial charge >= 0.3 is 0 Å². The number of ether oxygens (including phenoxy) is 3. The zero-order valence-electron chi connectivity index (χ0n) is 14.1. The molecule has 3 aromatic rings. The Morgan fingerprint density at radius 2 is 1.72 bits per heavy atom. The van der Waals surface area contributed by atoms with Gasteiger partial charge in [-0.05, 0) is 42.0 Å². The van der Waals surface area contributed by atoms with E-state index in [1.165, 1.54) is 0 Å². The van der Waals surface area contributed by atoms with Crippen molar-refractivity contribution in [3.8, 4) is 17.2 Å². The molecule has 3 rings (SSSR count). The minimum absolute atomic E-state index is 0.268. The topological polar surface area (TPSA) is 95.3 Å². The summed E-state index contributed by atoms with van der Waals surface area (Å²) in [5.41, 5.74) is 7.11. The second kappa shape index (κ2) is 7.67. The molecule has 0 aliphatic heterocycles. The van der Waals surface area contributed by atoms with E-state index in [1.807, 2.05) is 48.5 Å². The van der Waals surface area contributed by atoms with Crippen LogP contribution in [0.25, 0.3) is 0 Å². The van der Waals surface area contributed by atoms with Gasteiger partial charge in [0.05, 0.1) is 20.3 Å². The highest BCUT2D eigenvalue weighted by Gasteiger charge is 2.15. The second-order valence-corrected chi connectivity index (χ2v) is 5.36. The van der Waals surface area contributed by atoms with Crippen LogP contribution in [0.15, 0.2) is 48.5 Å². The standard InChI is InChI=1S/C18H20N4O3/c1-23-13-6-8-14(9-7-13)25-11-16-20-18(22-21-16)17(19)12-4-3-5-15(10-12)24-2/h3-10,17H,11,19H2,1-2H3,(H,20,21,22)/t17-/m0/s1. The van der Waals surface area contributed by atoms with Crippen molar-refractivity contribution < 1.29 is 14.2 Å². The first-order valence-corrected chi connectivity index (χ1v) is 7.77. The lowest BCUT2D eigenvalue weighted by molar-refractivity contribution is 0.295. The molecule has 0 spiro atoms. The molecule has 0 fully saturated rings. The summed E-state index contributed by atoms with van der Waals surface area (Å²) < 4.78 is 16.0. The third-order valence-electron chi connectivity index (χ3n) is 3.72. The van der Waals surface area contributed by atoms with Crippen molar-refractivity contribution in [2.45, 2.75) is 12.6 Å². The van der Waals surface area contributed by atoms with Gasteiger partial charge in [-0.3, -0.25) is 5.10 Å². The molecule has 0 unspecified atom stereocenters. The zero-order valence-corrected chi connectivity index (χ0v) is 14.1. The number of rotatable bonds is 7. The minimum atomic E-state index is -0.443. The van der Waals surface area contributed by atoms with Gasteiger partial charge < -0.3 is 19.9 Å². The second-order valence-electron chi connectivity index (χ2n) is 5.36. The third-order valence-corrected chi connectivity index (χ3v) is 3.72. The number of nitrogens with two attached hydrogens (primary N) is 1. The first-order chi connectivity index (χ1) is 12.2. The Bertz CT molecular complexity index is 817. The van der Waals surface area contributed by atoms with E-state index in [0.717, 1.165) is 22.8 Å². The molecule has 0 amide bonds. The number of nitrogens with zero attached hydrogens (tertiary/aromatic N) is 2. The average molecular weight is 340 g/mol. The molecule has 25 heavy (non-hydrogen) atoms. The summed E-state index contributed by atoms with van der Waals surface area (Å²) in [5, 5.41) is 7.04. The highest BCUT2D eigenvalue weighted by atomic mass is 16.5. The molecule has 7 nitrogen and oxygen atoms in total. The molecule has 1 aromatic heterocycles. The number of nitrogens with one attached hydrogen (secondary N) is 1. The predicted octanol–water partition coefficient (Wildman–Crippen LogP) is 2.45. The Hall–Kier alpha value is -3.06. The lowest BCUT2D eigenvalue weighted by Gasteiger charge is -2.09. The van der Waals surface area contributed by atoms with E-state index in [0.29, 0.717) is 11.6 Å². The fourth-order valence-electron chi connectivity index (χ4n) is 2.32. The van der Waals surface area contributed by atoms with E-state index in [4.69, 9.17) is 19.9 Å². The van der Waals surface area contributed by atoms with Crippen LogP contribution >= 0.6 is 0 Å². The SMILES string of the molecule is COc1ccc(OCc2nc([C@@H](N)c3cccc(OC)c3)n[nH]2)cc1. The monoisotopic (exact) mass is 340 g/mol. The number of H-pyrrole nitrogens is 1. The summed E-state index contributed by atoms with van der Waals surface area (Å²) in [6, 6.07) is 14.4. The van der Waals surface area contributed by atoms with Crippen LogP contribution in [-0.4, -0.2) is 29.4 Å². The van der Waals surface area contributed by atoms with Crippen molar-refractivity contribution >= 4 is 0 Å². The number of methoxy groups -OCH3 is 2. The summed E-state index contributed by atoms with van der Waals surface area (Å²) in [6.45, 7) is 0.268. The van der Waals surface area contributed by atoms with Gasteiger partial charge in [0.25, 0.3) is 0 Å². The van der Waals surface area contributed by atoms with Crippen LogP contribution in [0.3, 0.4) is 0 Å². The molecule has 0 saturated carbocycles. The fraction of sp³-hybridized carbons (Fsp3) is 0.222. The van der Waals surface area contributed by atoms with Crippen LogP contribution in [0.1, 0.15) is 23.3 Å². The molecule has 0 saturated heterocycles. The van der Waals surface area contributed by atoms with Crippen molar-refractivity contribution in [1.82, 2.24) is 15.2 Å². The van der Waals surface area contributed by atoms with Gasteiger partial charge in [-0.2, -0.15) is 5.10 Å². The van der Waals surface area contributed by atoms with Crippen molar-refractivity contribution in [2.75, 3.05) is 14.2 Å². The van der Waals surface area contributed by atoms with Crippen LogP contribution in [0, 0.1) is 0 Å². The Morgan fingerprint density at radius 1 is 1.00 bits per heavy atom. The van der Waals surface area contributed by atoms with Crippen LogP contribution in [0.5, 0.6) is 17.2 Å². The third kappa shape index (κ3) is 4.07. The van der Waals surface area contributed by atoms with E-state index in [-0.39, 0.29) is 6.61 Å². The van der Waals surface area contributed by atoms with Crippen molar-refractivity contribution in [1.29, 1.82) is 0 Å². The number of hydrogen-bond acceptors (Lipinski definition) is 6. The Labute approximate surface area is 145 Å². The van der Waals surface area contributed by atoms with Gasteiger partial charge in [-0.25, -0.2) is 4.98 Å². The molecule has 0 aliphatic rings. The van der Waals surface area contributed by atoms with Gasteiger partial charge in [0.15, 0.2) is 11.6 Å². The van der Waals surface area contributed by atoms with Gasteiger partial charge in [0, 0.05) is 0 Å². The molecule has 0 bridgehead atoms. The van der Waals surface area contributed by atoms with Crippen molar-refractivity contribution in [2.24, 2.45) is 5.73 Å². The lowest BCUT2D eigenvalue weighted by atomic mass is 10.1. The van der Waals surface area contributed by atoms with Crippen LogP contribution in [0.4, 0.5) is 0 Å². The first kappa shape index (κ1) is 16.8. The molecule has 0 aliphatic carbocycles. The Balaban J connectivity index is 1.64. The molecule has 1 atom stereocenters. The average Bonchev–Trinajstić information content (AvgIpc) is 3.15. The maximum Gasteiger partial charge on any atom is 0.172 e. The maximum atomic E-state index is 6.24. The molecule has 7 heteroatoms.